The lowest BCUT2D eigenvalue weighted by Crippen LogP contribution is -2.38. The number of aliphatic imine (C=N–C) groups is 1. The van der Waals surface area contributed by atoms with Crippen molar-refractivity contribution < 1.29 is 9.18 Å². The Balaban J connectivity index is 2.44. The number of benzene rings is 1. The van der Waals surface area contributed by atoms with Crippen LogP contribution in [0, 0.1) is 5.82 Å². The monoisotopic (exact) mass is 269 g/mol. The first-order valence-corrected chi connectivity index (χ1v) is 5.91. The van der Waals surface area contributed by atoms with Gasteiger partial charge in [0.1, 0.15) is 17.7 Å². The number of nitrogens with two attached hydrogens (primary N) is 1. The summed E-state index contributed by atoms with van der Waals surface area (Å²) in [4.78, 5) is 17.0. The summed E-state index contributed by atoms with van der Waals surface area (Å²) >= 11 is 5.74. The smallest absolute Gasteiger partial charge is 0.346 e. The number of hydrogen-bond donors (Lipinski definition) is 1. The maximum Gasteiger partial charge on any atom is 0.346 e. The van der Waals surface area contributed by atoms with Crippen LogP contribution in [0.2, 0.25) is 5.02 Å². The fraction of sp³-hybridized carbons (Fsp3) is 0.333. The van der Waals surface area contributed by atoms with Crippen LogP contribution in [-0.4, -0.2) is 22.8 Å². The number of halogens is 2. The van der Waals surface area contributed by atoms with Crippen molar-refractivity contribution in [1.82, 2.24) is 4.90 Å². The highest BCUT2D eigenvalue weighted by molar-refractivity contribution is 6.30. The number of hydrogen-bond acceptors (Lipinski definition) is 2. The molecule has 0 saturated carbocycles. The number of carbonyl (C=O) groups excluding carboxylic acids is 1. The van der Waals surface area contributed by atoms with Crippen LogP contribution in [0.4, 0.5) is 9.18 Å². The van der Waals surface area contributed by atoms with Crippen molar-refractivity contribution in [3.8, 4) is 0 Å². The number of amidine groups is 1. The molecule has 0 bridgehead atoms. The molecule has 4 nitrogen and oxygen atoms in total. The largest absolute Gasteiger partial charge is 0.385 e. The molecule has 1 aliphatic heterocycles. The van der Waals surface area contributed by atoms with E-state index in [4.69, 9.17) is 17.3 Å². The maximum absolute atomic E-state index is 13.1. The average Bonchev–Trinajstić information content (AvgIpc) is 2.57. The molecule has 6 heteroatoms. The summed E-state index contributed by atoms with van der Waals surface area (Å²) in [5.41, 5.74) is 6.42. The first-order chi connectivity index (χ1) is 8.41. The van der Waals surface area contributed by atoms with E-state index in [1.54, 1.807) is 11.0 Å². The number of urea groups is 1. The third-order valence-corrected chi connectivity index (χ3v) is 3.11. The fourth-order valence-electron chi connectivity index (χ4n) is 2.02. The molecule has 0 fully saturated rings. The summed E-state index contributed by atoms with van der Waals surface area (Å²) in [7, 11) is 0. The lowest BCUT2D eigenvalue weighted by atomic mass is 10.0. The second-order valence-corrected chi connectivity index (χ2v) is 4.80. The van der Waals surface area contributed by atoms with E-state index in [-0.39, 0.29) is 22.9 Å². The molecule has 1 unspecified atom stereocenters. The zero-order valence-electron chi connectivity index (χ0n) is 10.0. The predicted octanol–water partition coefficient (Wildman–Crippen LogP) is 2.72. The highest BCUT2D eigenvalue weighted by Crippen LogP contribution is 2.30. The van der Waals surface area contributed by atoms with Crippen molar-refractivity contribution in [2.75, 3.05) is 0 Å². The minimum Gasteiger partial charge on any atom is -0.385 e. The van der Waals surface area contributed by atoms with Gasteiger partial charge in [-0.25, -0.2) is 9.18 Å². The molecule has 18 heavy (non-hydrogen) atoms. The molecule has 2 amide bonds. The van der Waals surface area contributed by atoms with Crippen molar-refractivity contribution in [1.29, 1.82) is 0 Å². The van der Waals surface area contributed by atoms with Crippen LogP contribution in [0.3, 0.4) is 0 Å². The third kappa shape index (κ3) is 2.06. The zero-order valence-corrected chi connectivity index (χ0v) is 10.8. The van der Waals surface area contributed by atoms with Gasteiger partial charge < -0.3 is 10.6 Å². The van der Waals surface area contributed by atoms with Gasteiger partial charge in [-0.1, -0.05) is 17.7 Å². The molecule has 0 spiro atoms. The molecule has 1 aliphatic rings. The van der Waals surface area contributed by atoms with Crippen molar-refractivity contribution in [3.05, 3.63) is 34.6 Å². The average molecular weight is 270 g/mol. The van der Waals surface area contributed by atoms with Gasteiger partial charge in [0.05, 0.1) is 5.02 Å². The van der Waals surface area contributed by atoms with Crippen LogP contribution in [-0.2, 0) is 0 Å². The first-order valence-electron chi connectivity index (χ1n) is 5.53. The molecule has 0 saturated heterocycles. The van der Waals surface area contributed by atoms with E-state index in [2.05, 4.69) is 4.99 Å². The van der Waals surface area contributed by atoms with Gasteiger partial charge in [-0.3, -0.25) is 0 Å². The van der Waals surface area contributed by atoms with Crippen LogP contribution in [0.1, 0.15) is 25.5 Å². The highest BCUT2D eigenvalue weighted by Gasteiger charge is 2.36. The lowest BCUT2D eigenvalue weighted by molar-refractivity contribution is 0.190. The van der Waals surface area contributed by atoms with E-state index in [9.17, 15) is 9.18 Å². The molecule has 1 aromatic rings. The Morgan fingerprint density at radius 1 is 1.50 bits per heavy atom. The summed E-state index contributed by atoms with van der Waals surface area (Å²) < 4.78 is 13.1. The molecule has 2 N–H and O–H groups in total. The van der Waals surface area contributed by atoms with E-state index in [0.29, 0.717) is 5.56 Å². The molecule has 1 heterocycles. The summed E-state index contributed by atoms with van der Waals surface area (Å²) in [6.45, 7) is 3.73. The molecular formula is C12H13ClFN3O. The topological polar surface area (TPSA) is 58.7 Å². The predicted molar refractivity (Wildman–Crippen MR) is 68.1 cm³/mol. The Hall–Kier alpha value is -1.62. The van der Waals surface area contributed by atoms with Crippen LogP contribution in [0.25, 0.3) is 0 Å². The van der Waals surface area contributed by atoms with Gasteiger partial charge in [0.25, 0.3) is 0 Å². The molecular weight excluding hydrogens is 257 g/mol. The van der Waals surface area contributed by atoms with Gasteiger partial charge in [-0.15, -0.1) is 0 Å². The Labute approximate surface area is 109 Å². The van der Waals surface area contributed by atoms with Crippen molar-refractivity contribution in [3.63, 3.8) is 0 Å². The number of amides is 2. The molecule has 2 rings (SSSR count). The number of carbonyl (C=O) groups is 1. The van der Waals surface area contributed by atoms with Gasteiger partial charge in [0.15, 0.2) is 0 Å². The second-order valence-electron chi connectivity index (χ2n) is 4.40. The SMILES string of the molecule is CC(C)N1C(=O)N=C(N)C1c1ccc(F)c(Cl)c1. The van der Waals surface area contributed by atoms with Crippen molar-refractivity contribution in [2.24, 2.45) is 10.7 Å². The van der Waals surface area contributed by atoms with Crippen LogP contribution in [0.15, 0.2) is 23.2 Å². The van der Waals surface area contributed by atoms with Crippen molar-refractivity contribution in [2.45, 2.75) is 25.9 Å². The molecule has 96 valence electrons. The molecule has 1 aromatic carbocycles. The van der Waals surface area contributed by atoms with E-state index in [0.717, 1.165) is 0 Å². The zero-order chi connectivity index (χ0) is 13.4. The van der Waals surface area contributed by atoms with Crippen LogP contribution < -0.4 is 5.73 Å². The quantitative estimate of drug-likeness (QED) is 0.897. The molecule has 0 radical (unpaired) electrons. The highest BCUT2D eigenvalue weighted by atomic mass is 35.5. The number of nitrogens with zero attached hydrogens (tertiary/aromatic N) is 2. The van der Waals surface area contributed by atoms with E-state index in [1.165, 1.54) is 12.1 Å². The maximum atomic E-state index is 13.1. The van der Waals surface area contributed by atoms with E-state index in [1.807, 2.05) is 13.8 Å². The third-order valence-electron chi connectivity index (χ3n) is 2.82. The first kappa shape index (κ1) is 12.8. The molecule has 1 atom stereocenters. The van der Waals surface area contributed by atoms with Gasteiger partial charge in [0.2, 0.25) is 0 Å². The summed E-state index contributed by atoms with van der Waals surface area (Å²) in [6.07, 6.45) is 0. The molecule has 0 aromatic heterocycles. The Morgan fingerprint density at radius 2 is 2.17 bits per heavy atom. The lowest BCUT2D eigenvalue weighted by Gasteiger charge is -2.28. The Morgan fingerprint density at radius 3 is 2.72 bits per heavy atom. The van der Waals surface area contributed by atoms with Gasteiger partial charge in [-0.05, 0) is 31.5 Å². The van der Waals surface area contributed by atoms with Gasteiger partial charge in [0, 0.05) is 6.04 Å². The van der Waals surface area contributed by atoms with Crippen LogP contribution in [0.5, 0.6) is 0 Å². The van der Waals surface area contributed by atoms with Crippen molar-refractivity contribution >= 4 is 23.5 Å². The minimum atomic E-state index is -0.503. The van der Waals surface area contributed by atoms with Crippen LogP contribution >= 0.6 is 11.6 Å². The van der Waals surface area contributed by atoms with Gasteiger partial charge in [-0.2, -0.15) is 4.99 Å². The standard InChI is InChI=1S/C12H13ClFN3O/c1-6(2)17-10(11(15)16-12(17)18)7-3-4-9(14)8(13)5-7/h3-6,10H,1-2H3,(H2,15,16,18). The van der Waals surface area contributed by atoms with E-state index < -0.39 is 11.9 Å². The normalized spacial score (nSPS) is 19.6. The Bertz CT molecular complexity index is 530. The summed E-state index contributed by atoms with van der Waals surface area (Å²) in [6, 6.07) is 3.37. The fourth-order valence-corrected chi connectivity index (χ4v) is 2.20. The second kappa shape index (κ2) is 4.57. The minimum absolute atomic E-state index is 0.00311. The summed E-state index contributed by atoms with van der Waals surface area (Å²) in [5, 5.41) is 0.00311. The molecule has 0 aliphatic carbocycles. The number of rotatable bonds is 2. The van der Waals surface area contributed by atoms with Gasteiger partial charge >= 0.3 is 6.03 Å². The summed E-state index contributed by atoms with van der Waals surface area (Å²) in [5.74, 6) is -0.298. The van der Waals surface area contributed by atoms with E-state index >= 15 is 0 Å². The Kier molecular flexibility index (Phi) is 3.26.